The molecule has 0 aromatic heterocycles. The van der Waals surface area contributed by atoms with Gasteiger partial charge < -0.3 is 64.2 Å². The number of allylic oxidation sites excluding steroid dienone is 2. The zero-order chi connectivity index (χ0) is 43.3. The molecule has 346 valence electrons. The molecule has 4 unspecified atom stereocenters. The minimum atomic E-state index is -1.76. The Hall–Kier alpha value is -1.76. The zero-order valence-corrected chi connectivity index (χ0v) is 36.0. The lowest BCUT2D eigenvalue weighted by Gasteiger charge is -2.42. The Morgan fingerprint density at radius 3 is 1.51 bits per heavy atom. The van der Waals surface area contributed by atoms with Crippen molar-refractivity contribution < 1.29 is 73.8 Å². The summed E-state index contributed by atoms with van der Waals surface area (Å²) >= 11 is 0. The van der Waals surface area contributed by atoms with Crippen LogP contribution in [0, 0.1) is 0 Å². The van der Waals surface area contributed by atoms with Crippen molar-refractivity contribution in [3.05, 3.63) is 12.2 Å². The highest BCUT2D eigenvalue weighted by Crippen LogP contribution is 2.26. The van der Waals surface area contributed by atoms with Gasteiger partial charge in [-0.2, -0.15) is 0 Å². The summed E-state index contributed by atoms with van der Waals surface area (Å²) in [5, 5.41) is 71.7. The zero-order valence-electron chi connectivity index (χ0n) is 36.0. The molecule has 0 aromatic rings. The number of esters is 2. The average Bonchev–Trinajstić information content (AvgIpc) is 3.23. The van der Waals surface area contributed by atoms with Crippen LogP contribution in [0.5, 0.6) is 0 Å². The Bertz CT molecular complexity index is 1090. The highest BCUT2D eigenvalue weighted by Gasteiger charge is 2.47. The standard InChI is InChI=1S/C44H80O15/c1-3-5-7-9-11-13-14-15-16-17-18-19-21-22-24-26-35(46)54-29-32(57-36(47)27-25-23-20-12-10-8-6-4-2)30-55-43-42(53)40(51)38(49)34(59-43)31-56-44-41(52)39(50)37(48)33(28-45)58-44/h17-18,32-34,37-45,48-53H,3-16,19-31H2,1-2H3/b18-17+/t32-,33-,34-,37+,38+,39?,40?,41?,42?,43-,44-/m1/s1. The van der Waals surface area contributed by atoms with Gasteiger partial charge in [0.15, 0.2) is 18.7 Å². The third-order valence-electron chi connectivity index (χ3n) is 11.0. The first kappa shape index (κ1) is 53.4. The van der Waals surface area contributed by atoms with Gasteiger partial charge in [0.05, 0.1) is 19.8 Å². The molecule has 2 aliphatic heterocycles. The lowest BCUT2D eigenvalue weighted by molar-refractivity contribution is -0.332. The maximum Gasteiger partial charge on any atom is 0.306 e. The van der Waals surface area contributed by atoms with Crippen molar-refractivity contribution in [1.82, 2.24) is 0 Å². The smallest absolute Gasteiger partial charge is 0.306 e. The highest BCUT2D eigenvalue weighted by molar-refractivity contribution is 5.70. The Balaban J connectivity index is 1.84. The van der Waals surface area contributed by atoms with Crippen LogP contribution in [0.15, 0.2) is 12.2 Å². The van der Waals surface area contributed by atoms with Gasteiger partial charge in [-0.1, -0.05) is 122 Å². The van der Waals surface area contributed by atoms with Crippen LogP contribution < -0.4 is 0 Å². The van der Waals surface area contributed by atoms with Crippen LogP contribution >= 0.6 is 0 Å². The van der Waals surface area contributed by atoms with Crippen LogP contribution in [0.25, 0.3) is 0 Å². The van der Waals surface area contributed by atoms with E-state index in [4.69, 9.17) is 28.4 Å². The molecule has 2 rings (SSSR count). The van der Waals surface area contributed by atoms with Gasteiger partial charge in [-0.3, -0.25) is 9.59 Å². The summed E-state index contributed by atoms with van der Waals surface area (Å²) in [5.74, 6) is -0.945. The summed E-state index contributed by atoms with van der Waals surface area (Å²) in [6, 6.07) is 0. The fourth-order valence-corrected chi connectivity index (χ4v) is 7.15. The number of aliphatic hydroxyl groups excluding tert-OH is 7. The summed E-state index contributed by atoms with van der Waals surface area (Å²) in [7, 11) is 0. The van der Waals surface area contributed by atoms with E-state index in [1.165, 1.54) is 77.0 Å². The predicted molar refractivity (Wildman–Crippen MR) is 220 cm³/mol. The van der Waals surface area contributed by atoms with Gasteiger partial charge in [0.25, 0.3) is 0 Å². The lowest BCUT2D eigenvalue weighted by Crippen LogP contribution is -2.61. The number of carbonyl (C=O) groups excluding carboxylic acids is 2. The van der Waals surface area contributed by atoms with Gasteiger partial charge >= 0.3 is 11.9 Å². The maximum absolute atomic E-state index is 12.8. The predicted octanol–water partition coefficient (Wildman–Crippen LogP) is 4.65. The number of unbranched alkanes of at least 4 members (excludes halogenated alkanes) is 18. The third-order valence-corrected chi connectivity index (χ3v) is 11.0. The van der Waals surface area contributed by atoms with E-state index < -0.39 is 92.7 Å². The van der Waals surface area contributed by atoms with Crippen molar-refractivity contribution in [1.29, 1.82) is 0 Å². The Morgan fingerprint density at radius 1 is 0.525 bits per heavy atom. The van der Waals surface area contributed by atoms with Crippen LogP contribution in [0.1, 0.15) is 162 Å². The third kappa shape index (κ3) is 22.2. The average molecular weight is 849 g/mol. The molecule has 0 radical (unpaired) electrons. The fraction of sp³-hybridized carbons (Fsp3) is 0.909. The SMILES string of the molecule is CCCCCCCCCC/C=C/CCCCCC(=O)OC[C@H](CO[C@@H]1O[C@H](CO[C@@H]2O[C@H](CO)[C@H](O)C(O)C2O)[C@H](O)C(O)C1O)OC(=O)CCCCCCCCCC. The molecule has 2 heterocycles. The normalized spacial score (nSPS) is 27.9. The molecule has 0 aromatic carbocycles. The Kier molecular flexibility index (Phi) is 29.8. The molecule has 59 heavy (non-hydrogen) atoms. The minimum absolute atomic E-state index is 0.164. The number of aliphatic hydroxyl groups is 7. The fourth-order valence-electron chi connectivity index (χ4n) is 7.15. The monoisotopic (exact) mass is 849 g/mol. The molecule has 0 spiro atoms. The molecule has 11 atom stereocenters. The van der Waals surface area contributed by atoms with Crippen LogP contribution in [0.3, 0.4) is 0 Å². The van der Waals surface area contributed by atoms with Gasteiger partial charge in [-0.15, -0.1) is 0 Å². The number of hydrogen-bond acceptors (Lipinski definition) is 15. The van der Waals surface area contributed by atoms with E-state index in [-0.39, 0.29) is 26.1 Å². The second-order valence-electron chi connectivity index (χ2n) is 16.2. The number of carbonyl (C=O) groups is 2. The molecule has 15 nitrogen and oxygen atoms in total. The molecule has 0 saturated carbocycles. The molecule has 0 bridgehead atoms. The first-order chi connectivity index (χ1) is 28.5. The van der Waals surface area contributed by atoms with Gasteiger partial charge in [0.1, 0.15) is 55.4 Å². The Labute approximate surface area is 352 Å². The molecule has 7 N–H and O–H groups in total. The van der Waals surface area contributed by atoms with Gasteiger partial charge in [-0.25, -0.2) is 0 Å². The summed E-state index contributed by atoms with van der Waals surface area (Å²) in [5.41, 5.74) is 0. The number of hydrogen-bond donors (Lipinski definition) is 7. The van der Waals surface area contributed by atoms with Gasteiger partial charge in [0.2, 0.25) is 0 Å². The van der Waals surface area contributed by atoms with Crippen LogP contribution in [-0.4, -0.2) is 142 Å². The van der Waals surface area contributed by atoms with E-state index in [0.29, 0.717) is 12.8 Å². The summed E-state index contributed by atoms with van der Waals surface area (Å²) in [4.78, 5) is 25.5. The van der Waals surface area contributed by atoms with Crippen molar-refractivity contribution in [3.63, 3.8) is 0 Å². The first-order valence-corrected chi connectivity index (χ1v) is 22.8. The van der Waals surface area contributed by atoms with Crippen molar-refractivity contribution in [2.75, 3.05) is 26.4 Å². The van der Waals surface area contributed by atoms with Crippen LogP contribution in [0.4, 0.5) is 0 Å². The number of ether oxygens (including phenoxy) is 6. The summed E-state index contributed by atoms with van der Waals surface area (Å²) in [6.07, 6.45) is 11.4. The second kappa shape index (κ2) is 32.9. The molecule has 0 aliphatic carbocycles. The highest BCUT2D eigenvalue weighted by atomic mass is 16.7. The quantitative estimate of drug-likeness (QED) is 0.0266. The topological polar surface area (TPSA) is 231 Å². The van der Waals surface area contributed by atoms with Crippen LogP contribution in [-0.2, 0) is 38.0 Å². The van der Waals surface area contributed by atoms with Crippen LogP contribution in [0.2, 0.25) is 0 Å². The number of rotatable bonds is 34. The lowest BCUT2D eigenvalue weighted by atomic mass is 9.98. The van der Waals surface area contributed by atoms with E-state index in [0.717, 1.165) is 44.9 Å². The molecule has 2 saturated heterocycles. The van der Waals surface area contributed by atoms with E-state index in [2.05, 4.69) is 26.0 Å². The molecule has 2 aliphatic rings. The molecule has 15 heteroatoms. The summed E-state index contributed by atoms with van der Waals surface area (Å²) < 4.78 is 33.4. The first-order valence-electron chi connectivity index (χ1n) is 22.8. The summed E-state index contributed by atoms with van der Waals surface area (Å²) in [6.45, 7) is 2.52. The molecule has 0 amide bonds. The van der Waals surface area contributed by atoms with E-state index in [1.807, 2.05) is 0 Å². The molecule has 2 fully saturated rings. The van der Waals surface area contributed by atoms with Crippen molar-refractivity contribution in [2.45, 2.75) is 229 Å². The van der Waals surface area contributed by atoms with Crippen molar-refractivity contribution in [2.24, 2.45) is 0 Å². The molecular formula is C44H80O15. The maximum atomic E-state index is 12.8. The Morgan fingerprint density at radius 2 is 0.966 bits per heavy atom. The largest absolute Gasteiger partial charge is 0.462 e. The van der Waals surface area contributed by atoms with E-state index in [9.17, 15) is 45.3 Å². The minimum Gasteiger partial charge on any atom is -0.462 e. The van der Waals surface area contributed by atoms with E-state index in [1.54, 1.807) is 0 Å². The van der Waals surface area contributed by atoms with Crippen molar-refractivity contribution >= 4 is 11.9 Å². The van der Waals surface area contributed by atoms with Gasteiger partial charge in [-0.05, 0) is 38.5 Å². The van der Waals surface area contributed by atoms with Crippen molar-refractivity contribution in [3.8, 4) is 0 Å². The van der Waals surface area contributed by atoms with Gasteiger partial charge in [0, 0.05) is 12.8 Å². The molecular weight excluding hydrogens is 768 g/mol. The van der Waals surface area contributed by atoms with E-state index >= 15 is 0 Å². The second-order valence-corrected chi connectivity index (χ2v) is 16.2.